The van der Waals surface area contributed by atoms with Gasteiger partial charge in [-0.2, -0.15) is 0 Å². The van der Waals surface area contributed by atoms with Crippen molar-refractivity contribution >= 4 is 39.9 Å². The maximum atomic E-state index is 5.47. The maximum Gasteiger partial charge on any atom is 0.235 e. The molecule has 2 unspecified atom stereocenters. The van der Waals surface area contributed by atoms with E-state index in [9.17, 15) is 0 Å². The molecule has 196 valence electrons. The number of allylic oxidation sites excluding steroid dienone is 7. The van der Waals surface area contributed by atoms with E-state index < -0.39 is 0 Å². The lowest BCUT2D eigenvalue weighted by Crippen LogP contribution is -2.20. The minimum Gasteiger partial charge on any atom is -0.284 e. The van der Waals surface area contributed by atoms with Crippen LogP contribution in [0.25, 0.3) is 34.1 Å². The lowest BCUT2D eigenvalue weighted by atomic mass is 9.73. The Bertz CT molecular complexity index is 1850. The standard InChI is InChI=1S/C36H31N3S/c1-2-12-22(13-3-1)33-25-16-6-9-19-28(25)37-36(38-33)39-29-20-10-7-17-26(29)31-23-14-4-5-15-24(23)32-27-18-8-11-21-30(27)40-35(32)34(31)39/h4,6-9,11-12,14,16-19,21,32,35H,1-3,5,10,13,15,20H2. The number of hydrogen-bond acceptors (Lipinski definition) is 3. The highest BCUT2D eigenvalue weighted by Crippen LogP contribution is 2.64. The van der Waals surface area contributed by atoms with E-state index in [1.165, 1.54) is 62.3 Å². The molecule has 9 rings (SSSR count). The first-order chi connectivity index (χ1) is 19.9. The summed E-state index contributed by atoms with van der Waals surface area (Å²) in [6.07, 6.45) is 21.1. The number of para-hydroxylation sites is 1. The molecule has 0 radical (unpaired) electrons. The van der Waals surface area contributed by atoms with E-state index in [0.717, 1.165) is 55.7 Å². The summed E-state index contributed by atoms with van der Waals surface area (Å²) in [6.45, 7) is 0. The fourth-order valence-electron chi connectivity index (χ4n) is 7.80. The quantitative estimate of drug-likeness (QED) is 0.255. The molecule has 0 amide bonds. The summed E-state index contributed by atoms with van der Waals surface area (Å²) in [7, 11) is 0. The van der Waals surface area contributed by atoms with Gasteiger partial charge in [0.25, 0.3) is 0 Å². The minimum atomic E-state index is 0.337. The van der Waals surface area contributed by atoms with E-state index in [4.69, 9.17) is 9.97 Å². The lowest BCUT2D eigenvalue weighted by molar-refractivity contribution is 0.677. The molecule has 0 N–H and O–H groups in total. The van der Waals surface area contributed by atoms with Crippen molar-refractivity contribution < 1.29 is 0 Å². The molecule has 4 aliphatic carbocycles. The molecule has 2 aromatic heterocycles. The van der Waals surface area contributed by atoms with Gasteiger partial charge in [-0.3, -0.25) is 4.57 Å². The highest BCUT2D eigenvalue weighted by Gasteiger charge is 2.46. The van der Waals surface area contributed by atoms with Gasteiger partial charge >= 0.3 is 0 Å². The average Bonchev–Trinajstić information content (AvgIpc) is 3.58. The van der Waals surface area contributed by atoms with Gasteiger partial charge in [0.1, 0.15) is 0 Å². The Hall–Kier alpha value is -3.63. The van der Waals surface area contributed by atoms with Crippen molar-refractivity contribution in [2.24, 2.45) is 0 Å². The van der Waals surface area contributed by atoms with Gasteiger partial charge < -0.3 is 0 Å². The van der Waals surface area contributed by atoms with Crippen LogP contribution in [0, 0.1) is 0 Å². The second kappa shape index (κ2) is 8.94. The van der Waals surface area contributed by atoms with Gasteiger partial charge in [0.2, 0.25) is 5.95 Å². The summed E-state index contributed by atoms with van der Waals surface area (Å²) in [6, 6.07) is 17.7. The van der Waals surface area contributed by atoms with Gasteiger partial charge in [0.15, 0.2) is 0 Å². The third-order valence-electron chi connectivity index (χ3n) is 9.50. The number of thioether (sulfide) groups is 1. The summed E-state index contributed by atoms with van der Waals surface area (Å²) >= 11 is 2.06. The molecule has 1 aliphatic heterocycles. The average molecular weight is 538 g/mol. The summed E-state index contributed by atoms with van der Waals surface area (Å²) in [5, 5.41) is 1.51. The smallest absolute Gasteiger partial charge is 0.235 e. The van der Waals surface area contributed by atoms with Crippen LogP contribution < -0.4 is 0 Å². The van der Waals surface area contributed by atoms with Crippen LogP contribution in [-0.2, 0) is 6.42 Å². The van der Waals surface area contributed by atoms with Crippen LogP contribution in [0.5, 0.6) is 0 Å². The third kappa shape index (κ3) is 3.26. The first-order valence-electron chi connectivity index (χ1n) is 14.9. The number of fused-ring (bicyclic) bond motifs is 10. The first kappa shape index (κ1) is 23.1. The number of rotatable bonds is 2. The highest BCUT2D eigenvalue weighted by atomic mass is 32.2. The number of aromatic nitrogens is 3. The van der Waals surface area contributed by atoms with Crippen molar-refractivity contribution in [2.75, 3.05) is 0 Å². The zero-order valence-corrected chi connectivity index (χ0v) is 23.4. The largest absolute Gasteiger partial charge is 0.284 e. The van der Waals surface area contributed by atoms with Gasteiger partial charge in [-0.1, -0.05) is 72.4 Å². The van der Waals surface area contributed by atoms with Crippen LogP contribution in [0.4, 0.5) is 0 Å². The van der Waals surface area contributed by atoms with E-state index in [1.54, 1.807) is 5.57 Å². The van der Waals surface area contributed by atoms with E-state index >= 15 is 0 Å². The number of hydrogen-bond donors (Lipinski definition) is 0. The molecule has 4 aromatic rings. The van der Waals surface area contributed by atoms with E-state index in [0.29, 0.717) is 11.2 Å². The Morgan fingerprint density at radius 2 is 1.70 bits per heavy atom. The second-order valence-electron chi connectivity index (χ2n) is 11.7. The van der Waals surface area contributed by atoms with Crippen LogP contribution in [0.1, 0.15) is 89.9 Å². The predicted octanol–water partition coefficient (Wildman–Crippen LogP) is 9.39. The molecule has 4 heteroatoms. The van der Waals surface area contributed by atoms with E-state index in [2.05, 4.69) is 95.2 Å². The lowest BCUT2D eigenvalue weighted by Gasteiger charge is -2.33. The zero-order chi connectivity index (χ0) is 26.2. The van der Waals surface area contributed by atoms with Crippen molar-refractivity contribution in [3.05, 3.63) is 112 Å². The van der Waals surface area contributed by atoms with Crippen LogP contribution >= 0.6 is 11.8 Å². The molecule has 3 nitrogen and oxygen atoms in total. The van der Waals surface area contributed by atoms with Gasteiger partial charge in [-0.25, -0.2) is 9.97 Å². The topological polar surface area (TPSA) is 30.7 Å². The van der Waals surface area contributed by atoms with Gasteiger partial charge in [-0.15, -0.1) is 11.8 Å². The fraction of sp³-hybridized carbons (Fsp3) is 0.278. The van der Waals surface area contributed by atoms with Gasteiger partial charge in [-0.05, 0) is 80.2 Å². The maximum absolute atomic E-state index is 5.47. The van der Waals surface area contributed by atoms with Crippen molar-refractivity contribution in [3.63, 3.8) is 0 Å². The van der Waals surface area contributed by atoms with Crippen molar-refractivity contribution in [1.82, 2.24) is 14.5 Å². The van der Waals surface area contributed by atoms with Crippen LogP contribution in [0.15, 0.2) is 83.3 Å². The first-order valence-corrected chi connectivity index (χ1v) is 15.8. The van der Waals surface area contributed by atoms with E-state index in [-0.39, 0.29) is 0 Å². The molecule has 2 aromatic carbocycles. The van der Waals surface area contributed by atoms with Gasteiger partial charge in [0.05, 0.1) is 16.5 Å². The molecular weight excluding hydrogens is 506 g/mol. The molecule has 0 saturated carbocycles. The minimum absolute atomic E-state index is 0.337. The molecule has 40 heavy (non-hydrogen) atoms. The van der Waals surface area contributed by atoms with Crippen LogP contribution in [0.3, 0.4) is 0 Å². The number of nitrogens with zero attached hydrogens (tertiary/aromatic N) is 3. The molecular formula is C36H31N3S. The molecule has 5 aliphatic rings. The Balaban J connectivity index is 1.36. The molecule has 2 atom stereocenters. The van der Waals surface area contributed by atoms with Gasteiger partial charge in [0, 0.05) is 38.7 Å². The van der Waals surface area contributed by atoms with Crippen molar-refractivity contribution in [2.45, 2.75) is 67.4 Å². The fourth-order valence-corrected chi connectivity index (χ4v) is 9.34. The molecule has 0 bridgehead atoms. The predicted molar refractivity (Wildman–Crippen MR) is 166 cm³/mol. The Morgan fingerprint density at radius 1 is 0.825 bits per heavy atom. The molecule has 0 saturated heterocycles. The van der Waals surface area contributed by atoms with Crippen molar-refractivity contribution in [1.29, 1.82) is 0 Å². The van der Waals surface area contributed by atoms with Crippen LogP contribution in [-0.4, -0.2) is 14.5 Å². The monoisotopic (exact) mass is 537 g/mol. The van der Waals surface area contributed by atoms with Crippen molar-refractivity contribution in [3.8, 4) is 5.95 Å². The summed E-state index contributed by atoms with van der Waals surface area (Å²) < 4.78 is 2.51. The molecule has 0 spiro atoms. The molecule has 0 fully saturated rings. The number of benzene rings is 2. The Kier molecular flexibility index (Phi) is 5.16. The molecule has 3 heterocycles. The Labute approximate surface area is 239 Å². The van der Waals surface area contributed by atoms with Crippen LogP contribution in [0.2, 0.25) is 0 Å². The Morgan fingerprint density at radius 3 is 2.65 bits per heavy atom. The summed E-state index contributed by atoms with van der Waals surface area (Å²) in [5.41, 5.74) is 13.8. The summed E-state index contributed by atoms with van der Waals surface area (Å²) in [5.74, 6) is 1.26. The second-order valence-corrected chi connectivity index (χ2v) is 12.9. The SMILES string of the molecule is C1=CC2=C(CC1)C1c3ccccc3SC1c1c2c2c(n1-c1nc(C3=CCCCC3)c3ccccc3n1)CCC=C2. The van der Waals surface area contributed by atoms with E-state index in [1.807, 2.05) is 0 Å². The normalized spacial score (nSPS) is 22.4. The third-order valence-corrected chi connectivity index (χ3v) is 10.9. The zero-order valence-electron chi connectivity index (χ0n) is 22.6. The highest BCUT2D eigenvalue weighted by molar-refractivity contribution is 8.00. The summed E-state index contributed by atoms with van der Waals surface area (Å²) in [4.78, 5) is 12.2.